The van der Waals surface area contributed by atoms with E-state index >= 15 is 0 Å². The van der Waals surface area contributed by atoms with E-state index < -0.39 is 0 Å². The lowest BCUT2D eigenvalue weighted by molar-refractivity contribution is 0.473. The predicted octanol–water partition coefficient (Wildman–Crippen LogP) is 26.8. The lowest BCUT2D eigenvalue weighted by Crippen LogP contribution is -2.16. The summed E-state index contributed by atoms with van der Waals surface area (Å²) in [7, 11) is 0. The van der Waals surface area contributed by atoms with Crippen molar-refractivity contribution in [2.24, 2.45) is 0 Å². The van der Waals surface area contributed by atoms with Gasteiger partial charge < -0.3 is 28.9 Å². The minimum Gasteiger partial charge on any atom is -0.457 e. The number of nitrogens with one attached hydrogen (secondary N) is 2. The fraction of sp³-hybridized carbons (Fsp3) is 0.348. The molecule has 0 radical (unpaired) electrons. The van der Waals surface area contributed by atoms with Gasteiger partial charge in [-0.2, -0.15) is 0 Å². The summed E-state index contributed by atoms with van der Waals surface area (Å²) >= 11 is 0. The van der Waals surface area contributed by atoms with Gasteiger partial charge in [-0.25, -0.2) is 9.97 Å². The van der Waals surface area contributed by atoms with Crippen LogP contribution < -0.4 is 18.9 Å². The van der Waals surface area contributed by atoms with Crippen LogP contribution in [0.5, 0.6) is 46.0 Å². The van der Waals surface area contributed by atoms with Crippen LogP contribution in [0.3, 0.4) is 0 Å². The van der Waals surface area contributed by atoms with Crippen molar-refractivity contribution >= 4 is 43.6 Å². The second-order valence-electron chi connectivity index (χ2n) is 36.5. The van der Waals surface area contributed by atoms with E-state index in [0.717, 1.165) is 135 Å². The number of aromatic nitrogens is 4. The zero-order valence-corrected chi connectivity index (χ0v) is 63.7. The highest BCUT2D eigenvalue weighted by Crippen LogP contribution is 2.47. The summed E-state index contributed by atoms with van der Waals surface area (Å²) in [6, 6.07) is 61.3. The molecule has 0 fully saturated rings. The molecule has 13 rings (SSSR count). The van der Waals surface area contributed by atoms with Crippen LogP contribution in [0.25, 0.3) is 88.6 Å². The van der Waals surface area contributed by atoms with Crippen LogP contribution in [0, 0.1) is 0 Å². The summed E-state index contributed by atoms with van der Waals surface area (Å²) in [4.78, 5) is 19.2. The molecule has 11 aromatic rings. The molecule has 2 aliphatic rings. The van der Waals surface area contributed by atoms with Gasteiger partial charge in [0.25, 0.3) is 0 Å². The molecular weight excluding hydrogens is 1230 g/mol. The minimum absolute atomic E-state index is 0.0935. The second-order valence-corrected chi connectivity index (χ2v) is 36.5. The summed E-state index contributed by atoms with van der Waals surface area (Å²) in [5.74, 6) is 6.08. The molecular formula is C92H102N4O4. The third-order valence-electron chi connectivity index (χ3n) is 19.9. The van der Waals surface area contributed by atoms with Gasteiger partial charge in [0, 0.05) is 65.9 Å². The van der Waals surface area contributed by atoms with Crippen LogP contribution in [-0.2, 0) is 43.3 Å². The average Bonchev–Trinajstić information content (AvgIpc) is 1.59. The molecule has 8 aromatic carbocycles. The molecule has 2 aliphatic heterocycles. The highest BCUT2D eigenvalue weighted by Gasteiger charge is 2.29. The zero-order chi connectivity index (χ0) is 71.9. The Morgan fingerprint density at radius 3 is 0.650 bits per heavy atom. The van der Waals surface area contributed by atoms with Gasteiger partial charge in [-0.05, 0) is 233 Å². The third kappa shape index (κ3) is 14.2. The molecule has 8 nitrogen and oxygen atoms in total. The Kier molecular flexibility index (Phi) is 16.7. The van der Waals surface area contributed by atoms with Crippen molar-refractivity contribution in [2.75, 3.05) is 0 Å². The van der Waals surface area contributed by atoms with Crippen LogP contribution in [-0.4, -0.2) is 19.9 Å². The van der Waals surface area contributed by atoms with Crippen molar-refractivity contribution < 1.29 is 18.9 Å². The number of ether oxygens (including phenoxy) is 4. The Morgan fingerprint density at radius 1 is 0.200 bits per heavy atom. The van der Waals surface area contributed by atoms with Crippen LogP contribution in [0.2, 0.25) is 0 Å². The first-order chi connectivity index (χ1) is 46.4. The predicted molar refractivity (Wildman–Crippen MR) is 421 cm³/mol. The van der Waals surface area contributed by atoms with Gasteiger partial charge in [-0.15, -0.1) is 0 Å². The van der Waals surface area contributed by atoms with Gasteiger partial charge in [-0.1, -0.05) is 190 Å². The summed E-state index contributed by atoms with van der Waals surface area (Å²) < 4.78 is 28.0. The molecule has 0 saturated carbocycles. The van der Waals surface area contributed by atoms with Gasteiger partial charge in [0.2, 0.25) is 0 Å². The van der Waals surface area contributed by atoms with E-state index in [0.29, 0.717) is 0 Å². The molecule has 2 N–H and O–H groups in total. The summed E-state index contributed by atoms with van der Waals surface area (Å²) in [5, 5.41) is 3.96. The van der Waals surface area contributed by atoms with Gasteiger partial charge in [0.15, 0.2) is 0 Å². The van der Waals surface area contributed by atoms with E-state index in [9.17, 15) is 0 Å². The number of nitrogens with zero attached hydrogens (tertiary/aromatic N) is 2. The Hall–Kier alpha value is -9.40. The standard InChI is InChI=1S/C92H102N4O4/c1-85(2,3)53-33-54(86(4,5)6)38-65(37-53)97-61-25-29-69-73(45-61)81-49-78-70-30-26-62(98-66-39-55(87(7,8)9)34-56(40-66)88(10,11)12)46-74(70)83(94-78)51-80-72-32-28-64(100-68-43-59(91(19,20)21)36-60(44-68)92(22,23)24)48-76(72)84(96-80)52-79-71-31-27-63(47-75(71)82(95-79)50-77(69)93-81)99-67-41-57(89(13,14)15)35-58(42-67)90(16,17)18/h25-52,93,96H,1-24H3. The molecule has 0 unspecified atom stereocenters. The van der Waals surface area contributed by atoms with Crippen molar-refractivity contribution in [1.29, 1.82) is 0 Å². The highest BCUT2D eigenvalue weighted by molar-refractivity contribution is 6.11. The van der Waals surface area contributed by atoms with Gasteiger partial charge >= 0.3 is 0 Å². The summed E-state index contributed by atoms with van der Waals surface area (Å²) in [5.41, 5.74) is 19.6. The monoisotopic (exact) mass is 1330 g/mol. The van der Waals surface area contributed by atoms with E-state index in [2.05, 4.69) is 346 Å². The van der Waals surface area contributed by atoms with Crippen molar-refractivity contribution in [1.82, 2.24) is 19.9 Å². The Bertz CT molecular complexity index is 4810. The normalized spacial score (nSPS) is 13.2. The fourth-order valence-electron chi connectivity index (χ4n) is 13.3. The first-order valence-corrected chi connectivity index (χ1v) is 35.7. The topological polar surface area (TPSA) is 94.3 Å². The molecule has 0 aliphatic carbocycles. The molecule has 0 amide bonds. The number of hydrogen-bond acceptors (Lipinski definition) is 6. The first kappa shape index (κ1) is 69.1. The summed E-state index contributed by atoms with van der Waals surface area (Å²) in [6.45, 7) is 54.2. The smallest absolute Gasteiger partial charge is 0.128 e. The Balaban J connectivity index is 1.06. The number of benzene rings is 8. The SMILES string of the molecule is CC(C)(C)c1cc(Oc2ccc3c(c2)-c2cc4[nH]c(cc5nc(cc6[nH]c(cc-3n2)c2cc(Oc3cc(C(C)(C)C)cc(C(C)(C)C)c3)ccc62)-c2cc(Oc3cc(C(C)(C)C)cc(C(C)(C)C)c3)ccc2-5)c2cc(Oc3cc(C(C)(C)C)cc(C(C)(C)C)c3)ccc42)cc(C(C)(C)C)c1. The molecule has 0 spiro atoms. The molecule has 8 heteroatoms. The third-order valence-corrected chi connectivity index (χ3v) is 19.9. The zero-order valence-electron chi connectivity index (χ0n) is 63.7. The quantitative estimate of drug-likeness (QED) is 0.157. The molecule has 100 heavy (non-hydrogen) atoms. The van der Waals surface area contributed by atoms with Crippen molar-refractivity contribution in [3.05, 3.63) is 214 Å². The van der Waals surface area contributed by atoms with Crippen molar-refractivity contribution in [2.45, 2.75) is 209 Å². The lowest BCUT2D eigenvalue weighted by Gasteiger charge is -2.26. The number of aromatic amines is 2. The second kappa shape index (κ2) is 24.2. The van der Waals surface area contributed by atoms with E-state index in [4.69, 9.17) is 28.9 Å². The summed E-state index contributed by atoms with van der Waals surface area (Å²) in [6.07, 6.45) is 0. The van der Waals surface area contributed by atoms with E-state index in [-0.39, 0.29) is 43.3 Å². The maximum atomic E-state index is 7.01. The van der Waals surface area contributed by atoms with Gasteiger partial charge in [0.1, 0.15) is 46.0 Å². The largest absolute Gasteiger partial charge is 0.457 e. The number of rotatable bonds is 8. The van der Waals surface area contributed by atoms with Crippen molar-refractivity contribution in [3.63, 3.8) is 0 Å². The maximum Gasteiger partial charge on any atom is 0.128 e. The molecule has 0 saturated heterocycles. The fourth-order valence-corrected chi connectivity index (χ4v) is 13.3. The van der Waals surface area contributed by atoms with Crippen LogP contribution in [0.1, 0.15) is 211 Å². The Labute approximate surface area is 594 Å². The maximum absolute atomic E-state index is 7.01. The van der Waals surface area contributed by atoms with E-state index in [1.807, 2.05) is 0 Å². The van der Waals surface area contributed by atoms with Crippen molar-refractivity contribution in [3.8, 4) is 91.0 Å². The van der Waals surface area contributed by atoms with E-state index in [1.165, 1.54) is 44.5 Å². The number of hydrogen-bond donors (Lipinski definition) is 2. The highest BCUT2D eigenvalue weighted by atomic mass is 16.5. The molecule has 3 aromatic heterocycles. The van der Waals surface area contributed by atoms with Gasteiger partial charge in [-0.3, -0.25) is 0 Å². The molecule has 5 heterocycles. The molecule has 514 valence electrons. The first-order valence-electron chi connectivity index (χ1n) is 35.7. The van der Waals surface area contributed by atoms with Gasteiger partial charge in [0.05, 0.1) is 22.8 Å². The number of fused-ring (bicyclic) bond motifs is 20. The van der Waals surface area contributed by atoms with E-state index in [1.54, 1.807) is 0 Å². The average molecular weight is 1330 g/mol. The molecule has 0 atom stereocenters. The lowest BCUT2D eigenvalue weighted by atomic mass is 9.80. The van der Waals surface area contributed by atoms with Crippen LogP contribution in [0.15, 0.2) is 170 Å². The van der Waals surface area contributed by atoms with Crippen LogP contribution >= 0.6 is 0 Å². The number of H-pyrrole nitrogens is 2. The minimum atomic E-state index is -0.0940. The van der Waals surface area contributed by atoms with Crippen LogP contribution in [0.4, 0.5) is 0 Å². The Morgan fingerprint density at radius 2 is 0.410 bits per heavy atom. The molecule has 8 bridgehead atoms.